The van der Waals surface area contributed by atoms with Crippen molar-refractivity contribution in [3.05, 3.63) is 23.3 Å². The van der Waals surface area contributed by atoms with Crippen LogP contribution in [0.15, 0.2) is 12.1 Å². The van der Waals surface area contributed by atoms with Gasteiger partial charge in [0.1, 0.15) is 11.4 Å². The van der Waals surface area contributed by atoms with E-state index in [1.807, 2.05) is 13.8 Å². The molecule has 1 aromatic rings. The lowest BCUT2D eigenvalue weighted by molar-refractivity contribution is -0.192. The molecule has 1 aromatic carbocycles. The predicted octanol–water partition coefficient (Wildman–Crippen LogP) is 2.83. The number of anilines is 1. The van der Waals surface area contributed by atoms with Crippen LogP contribution in [0.1, 0.15) is 31.4 Å². The van der Waals surface area contributed by atoms with Gasteiger partial charge in [0, 0.05) is 25.0 Å². The summed E-state index contributed by atoms with van der Waals surface area (Å²) in [5, 5.41) is 21.0. The second kappa shape index (κ2) is 5.52. The topological polar surface area (TPSA) is 64.0 Å². The van der Waals surface area contributed by atoms with Crippen LogP contribution in [0.3, 0.4) is 0 Å². The molecule has 1 heterocycles. The Labute approximate surface area is 143 Å². The van der Waals surface area contributed by atoms with Gasteiger partial charge in [-0.05, 0) is 36.0 Å². The number of fused-ring (bicyclic) bond motifs is 4. The summed E-state index contributed by atoms with van der Waals surface area (Å²) in [6.07, 6.45) is -4.31. The number of nitrogens with zero attached hydrogens (tertiary/aromatic N) is 2. The van der Waals surface area contributed by atoms with Crippen molar-refractivity contribution in [3.63, 3.8) is 0 Å². The average Bonchev–Trinajstić information content (AvgIpc) is 2.49. The third kappa shape index (κ3) is 2.54. The molecule has 1 aliphatic carbocycles. The number of phenols is 1. The Morgan fingerprint density at radius 1 is 1.40 bits per heavy atom. The molecule has 8 heteroatoms. The first-order valence-corrected chi connectivity index (χ1v) is 8.14. The molecule has 2 bridgehead atoms. The molecule has 3 atom stereocenters. The Hall–Kier alpha value is -1.96. The molecule has 5 nitrogen and oxygen atoms in total. The normalized spacial score (nSPS) is 28.5. The number of piperidine rings is 1. The number of likely N-dealkylation sites (tertiary alicyclic amines) is 1. The van der Waals surface area contributed by atoms with Gasteiger partial charge in [0.25, 0.3) is 0 Å². The van der Waals surface area contributed by atoms with Crippen molar-refractivity contribution in [1.82, 2.24) is 4.90 Å². The lowest BCUT2D eigenvalue weighted by Gasteiger charge is -2.55. The number of aromatic hydroxyl groups is 1. The highest BCUT2D eigenvalue weighted by atomic mass is 19.4. The van der Waals surface area contributed by atoms with Crippen LogP contribution in [-0.4, -0.2) is 46.9 Å². The zero-order valence-corrected chi connectivity index (χ0v) is 14.3. The van der Waals surface area contributed by atoms with Crippen molar-refractivity contribution < 1.29 is 28.3 Å². The first-order chi connectivity index (χ1) is 11.5. The van der Waals surface area contributed by atoms with Crippen molar-refractivity contribution in [2.75, 3.05) is 18.7 Å². The van der Waals surface area contributed by atoms with E-state index < -0.39 is 23.5 Å². The smallest absolute Gasteiger partial charge is 0.471 e. The predicted molar refractivity (Wildman–Crippen MR) is 84.7 cm³/mol. The maximum absolute atomic E-state index is 12.9. The molecule has 3 rings (SSSR count). The Balaban J connectivity index is 2.12. The molecule has 0 aromatic heterocycles. The minimum Gasteiger partial charge on any atom is -0.506 e. The van der Waals surface area contributed by atoms with E-state index in [1.165, 1.54) is 13.1 Å². The number of rotatable bonds is 1. The van der Waals surface area contributed by atoms with Gasteiger partial charge in [0.05, 0.1) is 0 Å². The maximum Gasteiger partial charge on any atom is 0.471 e. The summed E-state index contributed by atoms with van der Waals surface area (Å²) in [5.74, 6) is -2.13. The van der Waals surface area contributed by atoms with Crippen molar-refractivity contribution in [3.8, 4) is 5.75 Å². The molecule has 25 heavy (non-hydrogen) atoms. The maximum atomic E-state index is 12.9. The summed E-state index contributed by atoms with van der Waals surface area (Å²) in [4.78, 5) is 12.8. The van der Waals surface area contributed by atoms with Crippen molar-refractivity contribution in [2.24, 2.45) is 5.92 Å². The molecular weight excluding hydrogens is 337 g/mol. The number of carbonyl (C=O) groups excluding carboxylic acids is 1. The number of amides is 1. The fourth-order valence-electron chi connectivity index (χ4n) is 4.48. The van der Waals surface area contributed by atoms with Crippen LogP contribution in [0.2, 0.25) is 0 Å². The summed E-state index contributed by atoms with van der Waals surface area (Å²) in [7, 11) is 1.40. The highest BCUT2D eigenvalue weighted by Crippen LogP contribution is 2.53. The molecule has 2 aliphatic rings. The molecule has 1 fully saturated rings. The SMILES string of the molecule is C[C@@H]1[C@H]2Cc3ccc(O)c(N(C)O)c3[C@]1(C)CCN2C(=O)C(F)(F)F. The highest BCUT2D eigenvalue weighted by Gasteiger charge is 2.55. The van der Waals surface area contributed by atoms with Crippen LogP contribution >= 0.6 is 0 Å². The summed E-state index contributed by atoms with van der Waals surface area (Å²) < 4.78 is 38.8. The van der Waals surface area contributed by atoms with Crippen LogP contribution in [0, 0.1) is 5.92 Å². The standard InChI is InChI=1S/C17H21F3N2O3/c1-9-11-8-10-4-5-12(23)14(21(3)25)13(10)16(9,2)6-7-22(11)15(24)17(18,19)20/h4-5,9,11,23,25H,6-8H2,1-3H3/t9-,11-,16-/m1/s1. The highest BCUT2D eigenvalue weighted by molar-refractivity contribution is 5.82. The molecule has 0 radical (unpaired) electrons. The van der Waals surface area contributed by atoms with Crippen LogP contribution in [0.5, 0.6) is 5.75 Å². The van der Waals surface area contributed by atoms with E-state index >= 15 is 0 Å². The van der Waals surface area contributed by atoms with Gasteiger partial charge >= 0.3 is 12.1 Å². The van der Waals surface area contributed by atoms with Crippen LogP contribution in [0.25, 0.3) is 0 Å². The number of halogens is 3. The van der Waals surface area contributed by atoms with Crippen LogP contribution < -0.4 is 5.06 Å². The number of alkyl halides is 3. The number of carbonyl (C=O) groups is 1. The van der Waals surface area contributed by atoms with Crippen LogP contribution in [-0.2, 0) is 16.6 Å². The third-order valence-corrected chi connectivity index (χ3v) is 5.92. The zero-order chi connectivity index (χ0) is 18.7. The van der Waals surface area contributed by atoms with Gasteiger partial charge in [-0.25, -0.2) is 0 Å². The molecule has 1 saturated heterocycles. The van der Waals surface area contributed by atoms with E-state index in [2.05, 4.69) is 0 Å². The van der Waals surface area contributed by atoms with E-state index in [4.69, 9.17) is 0 Å². The molecule has 138 valence electrons. The molecule has 1 aliphatic heterocycles. The van der Waals surface area contributed by atoms with Crippen LogP contribution in [0.4, 0.5) is 18.9 Å². The number of hydrogen-bond acceptors (Lipinski definition) is 4. The van der Waals surface area contributed by atoms with Crippen molar-refractivity contribution >= 4 is 11.6 Å². The fourth-order valence-corrected chi connectivity index (χ4v) is 4.48. The van der Waals surface area contributed by atoms with E-state index in [0.29, 0.717) is 6.42 Å². The van der Waals surface area contributed by atoms with Gasteiger partial charge in [-0.15, -0.1) is 0 Å². The summed E-state index contributed by atoms with van der Waals surface area (Å²) >= 11 is 0. The third-order valence-electron chi connectivity index (χ3n) is 5.92. The first kappa shape index (κ1) is 17.8. The van der Waals surface area contributed by atoms with Gasteiger partial charge in [-0.3, -0.25) is 15.1 Å². The molecule has 1 amide bonds. The fraction of sp³-hybridized carbons (Fsp3) is 0.588. The first-order valence-electron chi connectivity index (χ1n) is 8.14. The quantitative estimate of drug-likeness (QED) is 0.758. The second-order valence-corrected chi connectivity index (χ2v) is 7.21. The number of hydroxylamine groups is 1. The Bertz CT molecular complexity index is 720. The monoisotopic (exact) mass is 358 g/mol. The van der Waals surface area contributed by atoms with Gasteiger partial charge < -0.3 is 10.0 Å². The van der Waals surface area contributed by atoms with Gasteiger partial charge in [-0.1, -0.05) is 19.9 Å². The lowest BCUT2D eigenvalue weighted by Crippen LogP contribution is -2.61. The number of hydrogen-bond donors (Lipinski definition) is 2. The molecule has 2 N–H and O–H groups in total. The van der Waals surface area contributed by atoms with E-state index in [9.17, 15) is 28.3 Å². The average molecular weight is 358 g/mol. The Kier molecular flexibility index (Phi) is 3.94. The summed E-state index contributed by atoms with van der Waals surface area (Å²) in [6, 6.07) is 2.52. The Morgan fingerprint density at radius 3 is 2.60 bits per heavy atom. The minimum atomic E-state index is -4.89. The van der Waals surface area contributed by atoms with E-state index in [-0.39, 0.29) is 30.3 Å². The lowest BCUT2D eigenvalue weighted by atomic mass is 9.58. The summed E-state index contributed by atoms with van der Waals surface area (Å²) in [6.45, 7) is 3.74. The second-order valence-electron chi connectivity index (χ2n) is 7.21. The van der Waals surface area contributed by atoms with E-state index in [0.717, 1.165) is 21.1 Å². The van der Waals surface area contributed by atoms with Gasteiger partial charge in [0.15, 0.2) is 0 Å². The molecule has 0 saturated carbocycles. The number of phenolic OH excluding ortho intramolecular Hbond substituents is 1. The van der Waals surface area contributed by atoms with Crippen molar-refractivity contribution in [2.45, 2.75) is 44.3 Å². The van der Waals surface area contributed by atoms with E-state index in [1.54, 1.807) is 6.07 Å². The van der Waals surface area contributed by atoms with Gasteiger partial charge in [-0.2, -0.15) is 13.2 Å². The molecule has 0 unspecified atom stereocenters. The largest absolute Gasteiger partial charge is 0.506 e. The van der Waals surface area contributed by atoms with Gasteiger partial charge in [0.2, 0.25) is 0 Å². The Morgan fingerprint density at radius 2 is 2.04 bits per heavy atom. The number of benzene rings is 1. The minimum absolute atomic E-state index is 0.00642. The zero-order valence-electron chi connectivity index (χ0n) is 14.3. The van der Waals surface area contributed by atoms with Crippen molar-refractivity contribution in [1.29, 1.82) is 0 Å². The molecular formula is C17H21F3N2O3. The summed E-state index contributed by atoms with van der Waals surface area (Å²) in [5.41, 5.74) is 1.23. The molecule has 0 spiro atoms.